The maximum atomic E-state index is 6.22. The van der Waals surface area contributed by atoms with Crippen LogP contribution < -0.4 is 14.8 Å². The van der Waals surface area contributed by atoms with Crippen LogP contribution in [0.5, 0.6) is 11.5 Å². The highest BCUT2D eigenvalue weighted by Gasteiger charge is 2.22. The summed E-state index contributed by atoms with van der Waals surface area (Å²) in [5, 5.41) is 4.79. The van der Waals surface area contributed by atoms with Crippen LogP contribution in [0.2, 0.25) is 10.0 Å². The number of hydrogen-bond acceptors (Lipinski definition) is 4. The molecule has 1 atom stereocenters. The van der Waals surface area contributed by atoms with Gasteiger partial charge in [0.05, 0.1) is 7.11 Å². The van der Waals surface area contributed by atoms with Gasteiger partial charge >= 0.3 is 0 Å². The molecule has 1 heterocycles. The van der Waals surface area contributed by atoms with Crippen molar-refractivity contribution in [3.8, 4) is 11.5 Å². The minimum absolute atomic E-state index is 0.360. The predicted molar refractivity (Wildman–Crippen MR) is 116 cm³/mol. The number of halogens is 2. The smallest absolute Gasteiger partial charge is 0.161 e. The number of methoxy groups -OCH3 is 1. The van der Waals surface area contributed by atoms with Gasteiger partial charge in [-0.15, -0.1) is 0 Å². The van der Waals surface area contributed by atoms with E-state index in [2.05, 4.69) is 23.2 Å². The average molecular weight is 423 g/mol. The van der Waals surface area contributed by atoms with E-state index in [-0.39, 0.29) is 0 Å². The van der Waals surface area contributed by atoms with Gasteiger partial charge in [-0.25, -0.2) is 0 Å². The molecular weight excluding hydrogens is 395 g/mol. The molecule has 28 heavy (non-hydrogen) atoms. The predicted octanol–water partition coefficient (Wildman–Crippen LogP) is 5.15. The van der Waals surface area contributed by atoms with Gasteiger partial charge in [-0.3, -0.25) is 4.90 Å². The third-order valence-electron chi connectivity index (χ3n) is 5.24. The second kappa shape index (κ2) is 10.4. The van der Waals surface area contributed by atoms with Crippen molar-refractivity contribution in [3.63, 3.8) is 0 Å². The van der Waals surface area contributed by atoms with Crippen LogP contribution >= 0.6 is 23.2 Å². The lowest BCUT2D eigenvalue weighted by molar-refractivity contribution is 0.260. The fourth-order valence-corrected chi connectivity index (χ4v) is 4.12. The molecular formula is C22H28Cl2N2O2. The summed E-state index contributed by atoms with van der Waals surface area (Å²) in [5.74, 6) is 1.42. The zero-order valence-corrected chi connectivity index (χ0v) is 18.0. The van der Waals surface area contributed by atoms with Crippen LogP contribution in [0.4, 0.5) is 0 Å². The van der Waals surface area contributed by atoms with E-state index >= 15 is 0 Å². The van der Waals surface area contributed by atoms with Gasteiger partial charge in [0, 0.05) is 34.7 Å². The molecule has 4 nitrogen and oxygen atoms in total. The quantitative estimate of drug-likeness (QED) is 0.605. The van der Waals surface area contributed by atoms with Crippen LogP contribution in [-0.2, 0) is 13.2 Å². The maximum absolute atomic E-state index is 6.22. The van der Waals surface area contributed by atoms with Crippen LogP contribution in [0.15, 0.2) is 36.4 Å². The molecule has 1 aliphatic rings. The fraction of sp³-hybridized carbons (Fsp3) is 0.455. The molecule has 2 aromatic rings. The van der Waals surface area contributed by atoms with E-state index in [9.17, 15) is 0 Å². The van der Waals surface area contributed by atoms with Crippen molar-refractivity contribution < 1.29 is 9.47 Å². The van der Waals surface area contributed by atoms with Crippen molar-refractivity contribution in [3.05, 3.63) is 57.6 Å². The van der Waals surface area contributed by atoms with E-state index in [4.69, 9.17) is 32.7 Å². The second-order valence-electron chi connectivity index (χ2n) is 7.07. The molecule has 1 fully saturated rings. The summed E-state index contributed by atoms with van der Waals surface area (Å²) in [6.45, 7) is 6.78. The molecule has 1 N–H and O–H groups in total. The van der Waals surface area contributed by atoms with Crippen LogP contribution in [0, 0.1) is 0 Å². The number of benzene rings is 2. The molecule has 0 aliphatic carbocycles. The van der Waals surface area contributed by atoms with Gasteiger partial charge in [0.15, 0.2) is 11.5 Å². The van der Waals surface area contributed by atoms with Gasteiger partial charge < -0.3 is 14.8 Å². The molecule has 152 valence electrons. The fourth-order valence-electron chi connectivity index (χ4n) is 3.66. The lowest BCUT2D eigenvalue weighted by Gasteiger charge is -2.23. The standard InChI is InChI=1S/C22H28Cl2N2O2/c1-3-26-10-4-5-19(26)14-25-13-16-6-9-21(22(11-16)27-2)28-15-17-7-8-18(23)12-20(17)24/h6-9,11-12,19,25H,3-5,10,13-15H2,1-2H3/t19-/m1/s1. The van der Waals surface area contributed by atoms with Gasteiger partial charge in [-0.1, -0.05) is 42.3 Å². The molecule has 0 radical (unpaired) electrons. The molecule has 0 unspecified atom stereocenters. The Morgan fingerprint density at radius 3 is 2.75 bits per heavy atom. The first kappa shape index (κ1) is 21.3. The van der Waals surface area contributed by atoms with E-state index in [0.29, 0.717) is 28.4 Å². The number of ether oxygens (including phenoxy) is 2. The van der Waals surface area contributed by atoms with E-state index in [1.54, 1.807) is 13.2 Å². The summed E-state index contributed by atoms with van der Waals surface area (Å²) >= 11 is 12.2. The number of nitrogens with zero attached hydrogens (tertiary/aromatic N) is 1. The summed E-state index contributed by atoms with van der Waals surface area (Å²) < 4.78 is 11.4. The number of likely N-dealkylation sites (N-methyl/N-ethyl adjacent to an activating group) is 1. The van der Waals surface area contributed by atoms with Crippen molar-refractivity contribution in [2.24, 2.45) is 0 Å². The third kappa shape index (κ3) is 5.54. The van der Waals surface area contributed by atoms with Crippen LogP contribution in [0.3, 0.4) is 0 Å². The van der Waals surface area contributed by atoms with E-state index in [1.807, 2.05) is 24.3 Å². The Morgan fingerprint density at radius 2 is 2.00 bits per heavy atom. The van der Waals surface area contributed by atoms with E-state index in [0.717, 1.165) is 30.9 Å². The lowest BCUT2D eigenvalue weighted by Crippen LogP contribution is -2.37. The molecule has 1 saturated heterocycles. The highest BCUT2D eigenvalue weighted by atomic mass is 35.5. The Morgan fingerprint density at radius 1 is 1.14 bits per heavy atom. The summed E-state index contributed by atoms with van der Waals surface area (Å²) in [6.07, 6.45) is 2.59. The first-order valence-corrected chi connectivity index (χ1v) is 10.5. The Kier molecular flexibility index (Phi) is 7.86. The molecule has 0 amide bonds. The average Bonchev–Trinajstić information content (AvgIpc) is 3.15. The van der Waals surface area contributed by atoms with Gasteiger partial charge in [0.1, 0.15) is 6.61 Å². The molecule has 0 aromatic heterocycles. The third-order valence-corrected chi connectivity index (χ3v) is 5.83. The van der Waals surface area contributed by atoms with Gasteiger partial charge in [-0.2, -0.15) is 0 Å². The Hall–Kier alpha value is -1.46. The highest BCUT2D eigenvalue weighted by Crippen LogP contribution is 2.30. The van der Waals surface area contributed by atoms with E-state index in [1.165, 1.54) is 24.9 Å². The first-order valence-electron chi connectivity index (χ1n) is 9.79. The minimum Gasteiger partial charge on any atom is -0.493 e. The topological polar surface area (TPSA) is 33.7 Å². The zero-order chi connectivity index (χ0) is 19.9. The van der Waals surface area contributed by atoms with Crippen molar-refractivity contribution >= 4 is 23.2 Å². The van der Waals surface area contributed by atoms with Crippen molar-refractivity contribution in [1.82, 2.24) is 10.2 Å². The zero-order valence-electron chi connectivity index (χ0n) is 16.5. The number of hydrogen-bond donors (Lipinski definition) is 1. The van der Waals surface area contributed by atoms with Crippen molar-refractivity contribution in [2.45, 2.75) is 39.0 Å². The minimum atomic E-state index is 0.360. The van der Waals surface area contributed by atoms with Crippen LogP contribution in [0.25, 0.3) is 0 Å². The SMILES string of the molecule is CCN1CCC[C@@H]1CNCc1ccc(OCc2ccc(Cl)cc2Cl)c(OC)c1. The molecule has 6 heteroatoms. The number of rotatable bonds is 9. The highest BCUT2D eigenvalue weighted by molar-refractivity contribution is 6.35. The summed E-state index contributed by atoms with van der Waals surface area (Å²) in [7, 11) is 1.66. The molecule has 0 bridgehead atoms. The molecule has 1 aliphatic heterocycles. The van der Waals surface area contributed by atoms with Crippen molar-refractivity contribution in [1.29, 1.82) is 0 Å². The van der Waals surface area contributed by atoms with Crippen molar-refractivity contribution in [2.75, 3.05) is 26.7 Å². The normalized spacial score (nSPS) is 17.1. The number of nitrogens with one attached hydrogen (secondary N) is 1. The Labute approximate surface area is 177 Å². The summed E-state index contributed by atoms with van der Waals surface area (Å²) in [4.78, 5) is 2.55. The summed E-state index contributed by atoms with van der Waals surface area (Å²) in [6, 6.07) is 12.1. The maximum Gasteiger partial charge on any atom is 0.161 e. The largest absolute Gasteiger partial charge is 0.493 e. The van der Waals surface area contributed by atoms with E-state index < -0.39 is 0 Å². The molecule has 0 spiro atoms. The first-order chi connectivity index (χ1) is 13.6. The molecule has 0 saturated carbocycles. The van der Waals surface area contributed by atoms with Gasteiger partial charge in [0.25, 0.3) is 0 Å². The summed E-state index contributed by atoms with van der Waals surface area (Å²) in [5.41, 5.74) is 2.06. The lowest BCUT2D eigenvalue weighted by atomic mass is 10.1. The monoisotopic (exact) mass is 422 g/mol. The Balaban J connectivity index is 1.55. The number of likely N-dealkylation sites (tertiary alicyclic amines) is 1. The molecule has 3 rings (SSSR count). The second-order valence-corrected chi connectivity index (χ2v) is 7.91. The molecule has 2 aromatic carbocycles. The Bertz CT molecular complexity index is 785. The van der Waals surface area contributed by atoms with Gasteiger partial charge in [-0.05, 0) is 55.8 Å². The van der Waals surface area contributed by atoms with Crippen LogP contribution in [-0.4, -0.2) is 37.7 Å². The van der Waals surface area contributed by atoms with Crippen LogP contribution in [0.1, 0.15) is 30.9 Å². The van der Waals surface area contributed by atoms with Gasteiger partial charge in [0.2, 0.25) is 0 Å².